The van der Waals surface area contributed by atoms with Crippen molar-refractivity contribution in [3.63, 3.8) is 0 Å². The van der Waals surface area contributed by atoms with Gasteiger partial charge >= 0.3 is 0 Å². The molecule has 0 saturated carbocycles. The first-order valence-electron chi connectivity index (χ1n) is 5.80. The number of hydrogen-bond donors (Lipinski definition) is 1. The van der Waals surface area contributed by atoms with E-state index in [-0.39, 0.29) is 0 Å². The third-order valence-electron chi connectivity index (χ3n) is 2.69. The van der Waals surface area contributed by atoms with Gasteiger partial charge in [-0.1, -0.05) is 31.2 Å². The molecule has 0 atom stereocenters. The SMILES string of the molecule is CCc1ccc(CNCc2ccc(Br)o2)cc1. The zero-order valence-corrected chi connectivity index (χ0v) is 11.5. The smallest absolute Gasteiger partial charge is 0.169 e. The molecule has 2 nitrogen and oxygen atoms in total. The van der Waals surface area contributed by atoms with Crippen LogP contribution in [-0.2, 0) is 19.5 Å². The minimum Gasteiger partial charge on any atom is -0.453 e. The predicted octanol–water partition coefficient (Wildman–Crippen LogP) is 3.89. The van der Waals surface area contributed by atoms with Gasteiger partial charge in [0, 0.05) is 6.54 Å². The monoisotopic (exact) mass is 293 g/mol. The molecule has 90 valence electrons. The molecule has 3 heteroatoms. The Morgan fingerprint density at radius 1 is 1.00 bits per heavy atom. The van der Waals surface area contributed by atoms with Crippen molar-refractivity contribution in [1.29, 1.82) is 0 Å². The summed E-state index contributed by atoms with van der Waals surface area (Å²) in [6, 6.07) is 12.6. The molecule has 1 heterocycles. The average molecular weight is 294 g/mol. The van der Waals surface area contributed by atoms with Crippen LogP contribution in [0.3, 0.4) is 0 Å². The maximum absolute atomic E-state index is 5.41. The lowest BCUT2D eigenvalue weighted by Crippen LogP contribution is -2.11. The van der Waals surface area contributed by atoms with E-state index in [4.69, 9.17) is 4.42 Å². The first-order chi connectivity index (χ1) is 8.28. The molecule has 0 unspecified atom stereocenters. The summed E-state index contributed by atoms with van der Waals surface area (Å²) in [5, 5.41) is 3.35. The second kappa shape index (κ2) is 6.03. The summed E-state index contributed by atoms with van der Waals surface area (Å²) in [5.74, 6) is 0.946. The van der Waals surface area contributed by atoms with Crippen LogP contribution >= 0.6 is 15.9 Å². The Labute approximate surface area is 110 Å². The fourth-order valence-corrected chi connectivity index (χ4v) is 2.01. The molecule has 0 spiro atoms. The van der Waals surface area contributed by atoms with Crippen LogP contribution in [0, 0.1) is 0 Å². The van der Waals surface area contributed by atoms with E-state index < -0.39 is 0 Å². The van der Waals surface area contributed by atoms with Gasteiger partial charge in [-0.25, -0.2) is 0 Å². The molecule has 0 aliphatic carbocycles. The Balaban J connectivity index is 1.81. The third kappa shape index (κ3) is 3.72. The number of rotatable bonds is 5. The van der Waals surface area contributed by atoms with Crippen molar-refractivity contribution in [2.45, 2.75) is 26.4 Å². The van der Waals surface area contributed by atoms with Gasteiger partial charge in [0.05, 0.1) is 6.54 Å². The zero-order chi connectivity index (χ0) is 12.1. The lowest BCUT2D eigenvalue weighted by molar-refractivity contribution is 0.465. The van der Waals surface area contributed by atoms with E-state index in [2.05, 4.69) is 52.4 Å². The molecule has 2 rings (SSSR count). The van der Waals surface area contributed by atoms with Crippen molar-refractivity contribution < 1.29 is 4.42 Å². The van der Waals surface area contributed by atoms with Gasteiger partial charge in [-0.05, 0) is 45.6 Å². The standard InChI is InChI=1S/C14H16BrNO/c1-2-11-3-5-12(6-4-11)9-16-10-13-7-8-14(15)17-13/h3-8,16H,2,9-10H2,1H3. The highest BCUT2D eigenvalue weighted by Crippen LogP contribution is 2.13. The molecule has 0 saturated heterocycles. The molecule has 0 fully saturated rings. The van der Waals surface area contributed by atoms with Gasteiger partial charge in [-0.15, -0.1) is 0 Å². The van der Waals surface area contributed by atoms with Gasteiger partial charge < -0.3 is 9.73 Å². The normalized spacial score (nSPS) is 10.7. The van der Waals surface area contributed by atoms with Crippen molar-refractivity contribution in [2.24, 2.45) is 0 Å². The number of aryl methyl sites for hydroxylation is 1. The number of furan rings is 1. The van der Waals surface area contributed by atoms with Crippen LogP contribution in [0.15, 0.2) is 45.5 Å². The van der Waals surface area contributed by atoms with Crippen LogP contribution in [0.5, 0.6) is 0 Å². The molecule has 0 aliphatic heterocycles. The largest absolute Gasteiger partial charge is 0.453 e. The summed E-state index contributed by atoms with van der Waals surface area (Å²) in [7, 11) is 0. The van der Waals surface area contributed by atoms with Crippen LogP contribution in [0.2, 0.25) is 0 Å². The fourth-order valence-electron chi connectivity index (χ4n) is 1.67. The second-order valence-corrected chi connectivity index (χ2v) is 4.76. The van der Waals surface area contributed by atoms with Crippen LogP contribution in [-0.4, -0.2) is 0 Å². The van der Waals surface area contributed by atoms with Gasteiger partial charge in [0.15, 0.2) is 4.67 Å². The molecule has 1 aromatic carbocycles. The van der Waals surface area contributed by atoms with Crippen molar-refractivity contribution in [3.05, 3.63) is 58.0 Å². The highest BCUT2D eigenvalue weighted by Gasteiger charge is 1.99. The summed E-state index contributed by atoms with van der Waals surface area (Å²) in [4.78, 5) is 0. The summed E-state index contributed by atoms with van der Waals surface area (Å²) < 4.78 is 6.19. The van der Waals surface area contributed by atoms with Crippen molar-refractivity contribution in [2.75, 3.05) is 0 Å². The average Bonchev–Trinajstić information content (AvgIpc) is 2.76. The highest BCUT2D eigenvalue weighted by atomic mass is 79.9. The molecule has 1 N–H and O–H groups in total. The van der Waals surface area contributed by atoms with Crippen LogP contribution in [0.1, 0.15) is 23.8 Å². The van der Waals surface area contributed by atoms with Gasteiger partial charge in [0.1, 0.15) is 5.76 Å². The van der Waals surface area contributed by atoms with Gasteiger partial charge in [0.25, 0.3) is 0 Å². The Bertz CT molecular complexity index is 461. The fraction of sp³-hybridized carbons (Fsp3) is 0.286. The topological polar surface area (TPSA) is 25.2 Å². The molecule has 17 heavy (non-hydrogen) atoms. The zero-order valence-electron chi connectivity index (χ0n) is 9.87. The summed E-state index contributed by atoms with van der Waals surface area (Å²) in [5.41, 5.74) is 2.68. The van der Waals surface area contributed by atoms with Crippen molar-refractivity contribution in [1.82, 2.24) is 5.32 Å². The maximum atomic E-state index is 5.41. The van der Waals surface area contributed by atoms with E-state index in [9.17, 15) is 0 Å². The van der Waals surface area contributed by atoms with Crippen LogP contribution in [0.25, 0.3) is 0 Å². The first-order valence-corrected chi connectivity index (χ1v) is 6.60. The highest BCUT2D eigenvalue weighted by molar-refractivity contribution is 9.10. The molecule has 0 radical (unpaired) electrons. The summed E-state index contributed by atoms with van der Waals surface area (Å²) in [6.45, 7) is 3.78. The minimum absolute atomic E-state index is 0.751. The molecule has 0 bridgehead atoms. The van der Waals surface area contributed by atoms with E-state index in [0.29, 0.717) is 0 Å². The molecule has 0 amide bonds. The van der Waals surface area contributed by atoms with E-state index in [1.165, 1.54) is 11.1 Å². The van der Waals surface area contributed by atoms with Crippen LogP contribution < -0.4 is 5.32 Å². The van der Waals surface area contributed by atoms with Gasteiger partial charge in [-0.2, -0.15) is 0 Å². The third-order valence-corrected chi connectivity index (χ3v) is 3.11. The van der Waals surface area contributed by atoms with Gasteiger partial charge in [-0.3, -0.25) is 0 Å². The Kier molecular flexibility index (Phi) is 4.40. The Morgan fingerprint density at radius 2 is 1.71 bits per heavy atom. The van der Waals surface area contributed by atoms with Gasteiger partial charge in [0.2, 0.25) is 0 Å². The molecule has 1 aromatic heterocycles. The minimum atomic E-state index is 0.751. The Hall–Kier alpha value is -1.06. The number of benzene rings is 1. The predicted molar refractivity (Wildman–Crippen MR) is 72.8 cm³/mol. The quantitative estimate of drug-likeness (QED) is 0.905. The lowest BCUT2D eigenvalue weighted by atomic mass is 10.1. The van der Waals surface area contributed by atoms with Crippen molar-refractivity contribution >= 4 is 15.9 Å². The number of hydrogen-bond acceptors (Lipinski definition) is 2. The van der Waals surface area contributed by atoms with E-state index in [0.717, 1.165) is 29.9 Å². The number of nitrogens with one attached hydrogen (secondary N) is 1. The number of halogens is 1. The Morgan fingerprint density at radius 3 is 2.29 bits per heavy atom. The first kappa shape index (κ1) is 12.4. The molecule has 2 aromatic rings. The summed E-state index contributed by atoms with van der Waals surface area (Å²) >= 11 is 3.29. The molecule has 0 aliphatic rings. The summed E-state index contributed by atoms with van der Waals surface area (Å²) in [6.07, 6.45) is 1.09. The van der Waals surface area contributed by atoms with E-state index in [1.807, 2.05) is 12.1 Å². The van der Waals surface area contributed by atoms with Crippen LogP contribution in [0.4, 0.5) is 0 Å². The second-order valence-electron chi connectivity index (χ2n) is 3.98. The lowest BCUT2D eigenvalue weighted by Gasteiger charge is -2.04. The maximum Gasteiger partial charge on any atom is 0.169 e. The van der Waals surface area contributed by atoms with E-state index in [1.54, 1.807) is 0 Å². The van der Waals surface area contributed by atoms with E-state index >= 15 is 0 Å². The molecular weight excluding hydrogens is 278 g/mol. The molecular formula is C14H16BrNO. The van der Waals surface area contributed by atoms with Crippen molar-refractivity contribution in [3.8, 4) is 0 Å².